The van der Waals surface area contributed by atoms with Crippen molar-refractivity contribution in [2.75, 3.05) is 40.9 Å². The number of ether oxygens (including phenoxy) is 2. The molecule has 2 aliphatic heterocycles. The van der Waals surface area contributed by atoms with Gasteiger partial charge in [-0.25, -0.2) is 0 Å². The average Bonchev–Trinajstić information content (AvgIpc) is 2.86. The fourth-order valence-electron chi connectivity index (χ4n) is 5.92. The first kappa shape index (κ1) is 24.0. The topological polar surface area (TPSA) is 102 Å². The summed E-state index contributed by atoms with van der Waals surface area (Å²) in [5.74, 6) is -1.88. The summed E-state index contributed by atoms with van der Waals surface area (Å²) in [5, 5.41) is 0. The summed E-state index contributed by atoms with van der Waals surface area (Å²) in [7, 11) is 4.33. The van der Waals surface area contributed by atoms with E-state index in [0.29, 0.717) is 24.4 Å². The fraction of sp³-hybridized carbons (Fsp3) is 0.480. The number of carbonyl (C=O) groups excluding carboxylic acids is 3. The number of carbonyl (C=O) groups is 3. The van der Waals surface area contributed by atoms with Gasteiger partial charge in [0.05, 0.1) is 37.7 Å². The van der Waals surface area contributed by atoms with Gasteiger partial charge >= 0.3 is 11.9 Å². The molecule has 0 amide bonds. The molecule has 2 saturated heterocycles. The molecule has 34 heavy (non-hydrogen) atoms. The Bertz CT molecular complexity index is 986. The van der Waals surface area contributed by atoms with Crippen LogP contribution in [0.15, 0.2) is 48.8 Å². The predicted molar refractivity (Wildman–Crippen MR) is 122 cm³/mol. The minimum atomic E-state index is -1.68. The van der Waals surface area contributed by atoms with Crippen LogP contribution in [-0.2, 0) is 23.9 Å². The molecule has 0 aromatic carbocycles. The third kappa shape index (κ3) is 3.33. The monoisotopic (exact) mass is 466 g/mol. The van der Waals surface area contributed by atoms with Gasteiger partial charge in [0, 0.05) is 25.5 Å². The van der Waals surface area contributed by atoms with Crippen LogP contribution in [0.4, 0.5) is 0 Å². The molecule has 4 rings (SSSR count). The highest BCUT2D eigenvalue weighted by molar-refractivity contribution is 6.17. The number of likely N-dealkylation sites (tertiary alicyclic amines) is 2. The van der Waals surface area contributed by atoms with E-state index in [9.17, 15) is 14.4 Å². The highest BCUT2D eigenvalue weighted by Gasteiger charge is 2.75. The van der Waals surface area contributed by atoms with Gasteiger partial charge in [0.1, 0.15) is 0 Å². The van der Waals surface area contributed by atoms with Crippen LogP contribution in [0, 0.1) is 10.8 Å². The maximum Gasteiger partial charge on any atom is 0.322 e. The van der Waals surface area contributed by atoms with Crippen molar-refractivity contribution in [3.63, 3.8) is 0 Å². The summed E-state index contributed by atoms with van der Waals surface area (Å²) < 4.78 is 10.5. The van der Waals surface area contributed by atoms with E-state index in [2.05, 4.69) is 9.97 Å². The quantitative estimate of drug-likeness (QED) is 0.466. The van der Waals surface area contributed by atoms with Crippen LogP contribution < -0.4 is 0 Å². The average molecular weight is 467 g/mol. The van der Waals surface area contributed by atoms with Crippen molar-refractivity contribution in [2.24, 2.45) is 10.8 Å². The van der Waals surface area contributed by atoms with Crippen molar-refractivity contribution in [2.45, 2.75) is 25.4 Å². The first-order chi connectivity index (χ1) is 16.4. The number of hydrogen-bond acceptors (Lipinski definition) is 9. The lowest BCUT2D eigenvalue weighted by Gasteiger charge is -2.61. The number of Topliss-reactive ketones (excluding diaryl/α,β-unsaturated/α-hetero) is 1. The number of hydrogen-bond donors (Lipinski definition) is 0. The first-order valence-electron chi connectivity index (χ1n) is 11.4. The number of fused-ring (bicyclic) bond motifs is 2. The minimum Gasteiger partial charge on any atom is -0.468 e. The number of esters is 2. The molecule has 2 fully saturated rings. The molecule has 0 radical (unpaired) electrons. The SMILES string of the molecule is CCCN1C(c2ccccn2)C2(C(=O)OC)CN(C)CC(C(=O)OC)(C2=O)C1c1ccccn1. The Hall–Kier alpha value is -3.17. The maximum absolute atomic E-state index is 14.6. The number of methoxy groups -OCH3 is 2. The summed E-state index contributed by atoms with van der Waals surface area (Å²) in [4.78, 5) is 54.8. The standard InChI is InChI=1S/C25H30N4O5/c1-5-14-29-19(17-10-6-8-12-26-17)24(22(31)33-3)15-28(2)16-25(21(24)30,23(32)34-4)20(29)18-11-7-9-13-27-18/h6-13,19-20H,5,14-16H2,1-4H3. The predicted octanol–water partition coefficient (Wildman–Crippen LogP) is 1.82. The van der Waals surface area contributed by atoms with Crippen LogP contribution in [-0.4, -0.2) is 78.4 Å². The molecule has 0 spiro atoms. The van der Waals surface area contributed by atoms with E-state index >= 15 is 0 Å². The number of nitrogens with zero attached hydrogens (tertiary/aromatic N) is 4. The van der Waals surface area contributed by atoms with Gasteiger partial charge in [-0.15, -0.1) is 0 Å². The second kappa shape index (κ2) is 9.23. The number of aromatic nitrogens is 2. The van der Waals surface area contributed by atoms with Gasteiger partial charge in [-0.2, -0.15) is 0 Å². The summed E-state index contributed by atoms with van der Waals surface area (Å²) >= 11 is 0. The van der Waals surface area contributed by atoms with Gasteiger partial charge in [-0.1, -0.05) is 19.1 Å². The Labute approximate surface area is 199 Å². The summed E-state index contributed by atoms with van der Waals surface area (Å²) in [6.45, 7) is 2.69. The summed E-state index contributed by atoms with van der Waals surface area (Å²) in [5.41, 5.74) is -2.23. The molecule has 0 saturated carbocycles. The van der Waals surface area contributed by atoms with Crippen LogP contribution in [0.25, 0.3) is 0 Å². The molecular formula is C25H30N4O5. The van der Waals surface area contributed by atoms with Gasteiger partial charge in [0.15, 0.2) is 16.6 Å². The Morgan fingerprint density at radius 1 is 0.941 bits per heavy atom. The van der Waals surface area contributed by atoms with Crippen LogP contribution >= 0.6 is 0 Å². The molecule has 2 aromatic rings. The van der Waals surface area contributed by atoms with Gasteiger partial charge in [0.2, 0.25) is 0 Å². The maximum atomic E-state index is 14.6. The molecule has 4 unspecified atom stereocenters. The van der Waals surface area contributed by atoms with Crippen molar-refractivity contribution in [1.29, 1.82) is 0 Å². The molecular weight excluding hydrogens is 436 g/mol. The van der Waals surface area contributed by atoms with Gasteiger partial charge < -0.3 is 14.4 Å². The molecule has 2 aromatic heterocycles. The lowest BCUT2D eigenvalue weighted by molar-refractivity contribution is -0.205. The molecule has 9 nitrogen and oxygen atoms in total. The third-order valence-electron chi connectivity index (χ3n) is 6.96. The minimum absolute atomic E-state index is 0.0909. The second-order valence-electron chi connectivity index (χ2n) is 8.98. The lowest BCUT2D eigenvalue weighted by atomic mass is 9.54. The normalized spacial score (nSPS) is 29.5. The molecule has 2 aliphatic rings. The smallest absolute Gasteiger partial charge is 0.322 e. The van der Waals surface area contributed by atoms with Crippen molar-refractivity contribution in [3.8, 4) is 0 Å². The molecule has 2 bridgehead atoms. The van der Waals surface area contributed by atoms with Gasteiger partial charge in [-0.05, 0) is 44.3 Å². The summed E-state index contributed by atoms with van der Waals surface area (Å²) in [6, 6.07) is 9.30. The Morgan fingerprint density at radius 2 is 1.41 bits per heavy atom. The molecule has 9 heteroatoms. The number of pyridine rings is 2. The van der Waals surface area contributed by atoms with E-state index in [-0.39, 0.29) is 13.1 Å². The van der Waals surface area contributed by atoms with Crippen LogP contribution in [0.2, 0.25) is 0 Å². The summed E-state index contributed by atoms with van der Waals surface area (Å²) in [6.07, 6.45) is 3.99. The Kier molecular flexibility index (Phi) is 6.51. The zero-order chi connectivity index (χ0) is 24.5. The van der Waals surface area contributed by atoms with Crippen molar-refractivity contribution in [3.05, 3.63) is 60.2 Å². The van der Waals surface area contributed by atoms with E-state index in [1.54, 1.807) is 43.7 Å². The second-order valence-corrected chi connectivity index (χ2v) is 8.98. The fourth-order valence-corrected chi connectivity index (χ4v) is 5.92. The van der Waals surface area contributed by atoms with Crippen LogP contribution in [0.5, 0.6) is 0 Å². The van der Waals surface area contributed by atoms with Crippen molar-refractivity contribution >= 4 is 17.7 Å². The van der Waals surface area contributed by atoms with Gasteiger partial charge in [0.25, 0.3) is 0 Å². The van der Waals surface area contributed by atoms with Crippen molar-refractivity contribution in [1.82, 2.24) is 19.8 Å². The molecule has 180 valence electrons. The Morgan fingerprint density at radius 3 is 1.76 bits per heavy atom. The van der Waals surface area contributed by atoms with Crippen LogP contribution in [0.3, 0.4) is 0 Å². The van der Waals surface area contributed by atoms with E-state index in [0.717, 1.165) is 0 Å². The zero-order valence-electron chi connectivity index (χ0n) is 19.9. The van der Waals surface area contributed by atoms with E-state index in [1.165, 1.54) is 14.2 Å². The Balaban J connectivity index is 2.11. The third-order valence-corrected chi connectivity index (χ3v) is 6.96. The van der Waals surface area contributed by atoms with Crippen LogP contribution in [0.1, 0.15) is 36.8 Å². The number of piperidine rings is 2. The largest absolute Gasteiger partial charge is 0.468 e. The highest BCUT2D eigenvalue weighted by atomic mass is 16.5. The lowest BCUT2D eigenvalue weighted by Crippen LogP contribution is -2.75. The van der Waals surface area contributed by atoms with E-state index < -0.39 is 40.6 Å². The molecule has 0 N–H and O–H groups in total. The number of rotatable bonds is 6. The first-order valence-corrected chi connectivity index (χ1v) is 11.4. The number of ketones is 1. The zero-order valence-corrected chi connectivity index (χ0v) is 19.9. The van der Waals surface area contributed by atoms with E-state index in [4.69, 9.17) is 9.47 Å². The van der Waals surface area contributed by atoms with E-state index in [1.807, 2.05) is 28.9 Å². The highest BCUT2D eigenvalue weighted by Crippen LogP contribution is 2.60. The molecule has 0 aliphatic carbocycles. The molecule has 4 atom stereocenters. The van der Waals surface area contributed by atoms with Crippen molar-refractivity contribution < 1.29 is 23.9 Å². The molecule has 4 heterocycles. The van der Waals surface area contributed by atoms with Gasteiger partial charge in [-0.3, -0.25) is 29.3 Å².